The van der Waals surface area contributed by atoms with E-state index in [1.165, 1.54) is 10.4 Å². The van der Waals surface area contributed by atoms with Gasteiger partial charge in [0.05, 0.1) is 0 Å². The number of hydrogen-bond acceptors (Lipinski definition) is 2. The molecule has 2 unspecified atom stereocenters. The lowest BCUT2D eigenvalue weighted by Gasteiger charge is -2.24. The van der Waals surface area contributed by atoms with Crippen LogP contribution in [0.15, 0.2) is 11.4 Å². The van der Waals surface area contributed by atoms with Crippen molar-refractivity contribution in [2.24, 2.45) is 0 Å². The van der Waals surface area contributed by atoms with Crippen molar-refractivity contribution in [2.45, 2.75) is 31.3 Å². The average molecular weight is 192 g/mol. The SMILES string of the molecule is C#CC(O)C1CCCc2sccc21. The highest BCUT2D eigenvalue weighted by atomic mass is 32.1. The van der Waals surface area contributed by atoms with Crippen molar-refractivity contribution in [3.05, 3.63) is 21.9 Å². The highest BCUT2D eigenvalue weighted by Crippen LogP contribution is 2.36. The third-order valence-corrected chi connectivity index (χ3v) is 3.65. The number of thiophene rings is 1. The van der Waals surface area contributed by atoms with Gasteiger partial charge in [0, 0.05) is 10.8 Å². The number of fused-ring (bicyclic) bond motifs is 1. The third-order valence-electron chi connectivity index (χ3n) is 2.65. The Kier molecular flexibility index (Phi) is 2.39. The topological polar surface area (TPSA) is 20.2 Å². The van der Waals surface area contributed by atoms with Crippen molar-refractivity contribution in [3.8, 4) is 12.3 Å². The van der Waals surface area contributed by atoms with Gasteiger partial charge in [-0.05, 0) is 36.3 Å². The Morgan fingerprint density at radius 1 is 1.69 bits per heavy atom. The predicted molar refractivity (Wildman–Crippen MR) is 54.8 cm³/mol. The van der Waals surface area contributed by atoms with Gasteiger partial charge >= 0.3 is 0 Å². The van der Waals surface area contributed by atoms with Crippen molar-refractivity contribution in [1.29, 1.82) is 0 Å². The molecule has 0 radical (unpaired) electrons. The van der Waals surface area contributed by atoms with Crippen LogP contribution < -0.4 is 0 Å². The zero-order chi connectivity index (χ0) is 9.26. The fourth-order valence-electron chi connectivity index (χ4n) is 1.97. The van der Waals surface area contributed by atoms with E-state index in [1.807, 2.05) is 0 Å². The standard InChI is InChI=1S/C11H12OS/c1-2-10(12)8-4-3-5-11-9(8)6-7-13-11/h1,6-8,10,12H,3-5H2. The summed E-state index contributed by atoms with van der Waals surface area (Å²) in [4.78, 5) is 1.41. The first-order valence-corrected chi connectivity index (χ1v) is 5.41. The van der Waals surface area contributed by atoms with E-state index in [9.17, 15) is 5.11 Å². The maximum atomic E-state index is 9.62. The van der Waals surface area contributed by atoms with Crippen LogP contribution in [0.3, 0.4) is 0 Å². The molecule has 0 spiro atoms. The molecule has 0 aliphatic heterocycles. The van der Waals surface area contributed by atoms with Gasteiger partial charge in [0.15, 0.2) is 0 Å². The maximum absolute atomic E-state index is 9.62. The number of rotatable bonds is 1. The maximum Gasteiger partial charge on any atom is 0.121 e. The van der Waals surface area contributed by atoms with Crippen LogP contribution in [0.1, 0.15) is 29.2 Å². The molecule has 1 nitrogen and oxygen atoms in total. The highest BCUT2D eigenvalue weighted by molar-refractivity contribution is 7.10. The summed E-state index contributed by atoms with van der Waals surface area (Å²) in [5.74, 6) is 2.61. The van der Waals surface area contributed by atoms with Crippen LogP contribution in [0, 0.1) is 12.3 Å². The van der Waals surface area contributed by atoms with Crippen molar-refractivity contribution >= 4 is 11.3 Å². The van der Waals surface area contributed by atoms with Crippen LogP contribution in [-0.2, 0) is 6.42 Å². The highest BCUT2D eigenvalue weighted by Gasteiger charge is 2.25. The second kappa shape index (κ2) is 3.53. The first-order valence-electron chi connectivity index (χ1n) is 4.53. The Bertz CT molecular complexity index is 334. The van der Waals surface area contributed by atoms with Gasteiger partial charge in [0.1, 0.15) is 6.10 Å². The zero-order valence-corrected chi connectivity index (χ0v) is 8.18. The summed E-state index contributed by atoms with van der Waals surface area (Å²) in [6.07, 6.45) is 7.96. The Labute approximate surface area is 82.4 Å². The lowest BCUT2D eigenvalue weighted by Crippen LogP contribution is -2.20. The molecule has 13 heavy (non-hydrogen) atoms. The van der Waals surface area contributed by atoms with E-state index in [0.29, 0.717) is 0 Å². The predicted octanol–water partition coefficient (Wildman–Crippen LogP) is 2.16. The van der Waals surface area contributed by atoms with Crippen molar-refractivity contribution in [2.75, 3.05) is 0 Å². The number of hydrogen-bond donors (Lipinski definition) is 1. The molecule has 0 amide bonds. The van der Waals surface area contributed by atoms with Crippen molar-refractivity contribution < 1.29 is 5.11 Å². The summed E-state index contributed by atoms with van der Waals surface area (Å²) in [7, 11) is 0. The molecule has 0 saturated carbocycles. The molecule has 1 aromatic heterocycles. The largest absolute Gasteiger partial charge is 0.380 e. The van der Waals surface area contributed by atoms with Crippen LogP contribution in [0.4, 0.5) is 0 Å². The molecular formula is C11H12OS. The van der Waals surface area contributed by atoms with Gasteiger partial charge in [-0.2, -0.15) is 0 Å². The molecule has 2 rings (SSSR count). The molecule has 1 N–H and O–H groups in total. The van der Waals surface area contributed by atoms with E-state index in [1.54, 1.807) is 11.3 Å². The molecule has 0 fully saturated rings. The Morgan fingerprint density at radius 3 is 3.31 bits per heavy atom. The number of aryl methyl sites for hydroxylation is 1. The zero-order valence-electron chi connectivity index (χ0n) is 7.36. The van der Waals surface area contributed by atoms with Gasteiger partial charge in [-0.25, -0.2) is 0 Å². The minimum atomic E-state index is -0.603. The Balaban J connectivity index is 2.31. The fraction of sp³-hybridized carbons (Fsp3) is 0.455. The average Bonchev–Trinajstić information content (AvgIpc) is 2.63. The van der Waals surface area contributed by atoms with Gasteiger partial charge in [0.2, 0.25) is 0 Å². The minimum Gasteiger partial charge on any atom is -0.380 e. The summed E-state index contributed by atoms with van der Waals surface area (Å²) >= 11 is 1.78. The summed E-state index contributed by atoms with van der Waals surface area (Å²) < 4.78 is 0. The smallest absolute Gasteiger partial charge is 0.121 e. The number of aliphatic hydroxyl groups is 1. The van der Waals surface area contributed by atoms with E-state index < -0.39 is 6.10 Å². The van der Waals surface area contributed by atoms with E-state index in [0.717, 1.165) is 19.3 Å². The quantitative estimate of drug-likeness (QED) is 0.676. The van der Waals surface area contributed by atoms with Crippen LogP contribution in [-0.4, -0.2) is 11.2 Å². The van der Waals surface area contributed by atoms with E-state index in [4.69, 9.17) is 6.42 Å². The molecule has 1 aliphatic rings. The number of aliphatic hydroxyl groups excluding tert-OH is 1. The van der Waals surface area contributed by atoms with Gasteiger partial charge < -0.3 is 5.11 Å². The first kappa shape index (κ1) is 8.80. The monoisotopic (exact) mass is 192 g/mol. The second-order valence-corrected chi connectivity index (χ2v) is 4.41. The van der Waals surface area contributed by atoms with Gasteiger partial charge in [-0.3, -0.25) is 0 Å². The summed E-state index contributed by atoms with van der Waals surface area (Å²) in [5.41, 5.74) is 1.28. The molecule has 2 heteroatoms. The fourth-order valence-corrected chi connectivity index (χ4v) is 2.96. The summed E-state index contributed by atoms with van der Waals surface area (Å²) in [5, 5.41) is 11.7. The molecule has 1 heterocycles. The van der Waals surface area contributed by atoms with E-state index in [-0.39, 0.29) is 5.92 Å². The molecule has 68 valence electrons. The molecule has 0 saturated heterocycles. The molecule has 0 aromatic carbocycles. The number of terminal acetylenes is 1. The first-order chi connectivity index (χ1) is 6.33. The molecule has 0 bridgehead atoms. The minimum absolute atomic E-state index is 0.181. The summed E-state index contributed by atoms with van der Waals surface area (Å²) in [6, 6.07) is 2.10. The normalized spacial score (nSPS) is 23.2. The van der Waals surface area contributed by atoms with Crippen LogP contribution >= 0.6 is 11.3 Å². The molecule has 1 aromatic rings. The van der Waals surface area contributed by atoms with Crippen LogP contribution in [0.25, 0.3) is 0 Å². The summed E-state index contributed by atoms with van der Waals surface area (Å²) in [6.45, 7) is 0. The lowest BCUT2D eigenvalue weighted by molar-refractivity contribution is 0.189. The van der Waals surface area contributed by atoms with Gasteiger partial charge in [-0.1, -0.05) is 5.92 Å². The molecule has 1 aliphatic carbocycles. The van der Waals surface area contributed by atoms with Crippen molar-refractivity contribution in [3.63, 3.8) is 0 Å². The second-order valence-electron chi connectivity index (χ2n) is 3.41. The third kappa shape index (κ3) is 1.50. The lowest BCUT2D eigenvalue weighted by atomic mass is 9.84. The van der Waals surface area contributed by atoms with E-state index >= 15 is 0 Å². The Hall–Kier alpha value is -0.780. The molecular weight excluding hydrogens is 180 g/mol. The molecule has 2 atom stereocenters. The van der Waals surface area contributed by atoms with Crippen LogP contribution in [0.5, 0.6) is 0 Å². The van der Waals surface area contributed by atoms with Gasteiger partial charge in [0.25, 0.3) is 0 Å². The Morgan fingerprint density at radius 2 is 2.54 bits per heavy atom. The van der Waals surface area contributed by atoms with Gasteiger partial charge in [-0.15, -0.1) is 17.8 Å². The van der Waals surface area contributed by atoms with Crippen molar-refractivity contribution in [1.82, 2.24) is 0 Å². The van der Waals surface area contributed by atoms with Crippen LogP contribution in [0.2, 0.25) is 0 Å². The van der Waals surface area contributed by atoms with E-state index in [2.05, 4.69) is 17.4 Å².